The summed E-state index contributed by atoms with van der Waals surface area (Å²) in [4.78, 5) is 26.0. The van der Waals surface area contributed by atoms with Gasteiger partial charge in [-0.25, -0.2) is 0 Å². The van der Waals surface area contributed by atoms with Crippen LogP contribution in [0.4, 0.5) is 0 Å². The lowest BCUT2D eigenvalue weighted by molar-refractivity contribution is -0.147. The van der Waals surface area contributed by atoms with E-state index in [-0.39, 0.29) is 29.8 Å². The van der Waals surface area contributed by atoms with Gasteiger partial charge in [0.1, 0.15) is 6.04 Å². The van der Waals surface area contributed by atoms with Crippen LogP contribution < -0.4 is 11.1 Å². The van der Waals surface area contributed by atoms with Crippen molar-refractivity contribution < 1.29 is 9.59 Å². The number of nitrogens with zero attached hydrogens (tertiary/aromatic N) is 1. The van der Waals surface area contributed by atoms with E-state index in [0.29, 0.717) is 19.5 Å². The van der Waals surface area contributed by atoms with Crippen LogP contribution in [-0.4, -0.2) is 41.9 Å². The molecule has 0 spiro atoms. The van der Waals surface area contributed by atoms with Crippen LogP contribution in [-0.2, 0) is 9.59 Å². The summed E-state index contributed by atoms with van der Waals surface area (Å²) >= 11 is 0. The topological polar surface area (TPSA) is 75.4 Å². The lowest BCUT2D eigenvalue weighted by atomic mass is 9.84. The highest BCUT2D eigenvalue weighted by atomic mass is 16.2. The van der Waals surface area contributed by atoms with Crippen molar-refractivity contribution in [2.45, 2.75) is 51.1 Å². The first-order chi connectivity index (χ1) is 8.63. The number of hydrogen-bond acceptors (Lipinski definition) is 3. The summed E-state index contributed by atoms with van der Waals surface area (Å²) in [5.41, 5.74) is 5.94. The normalized spacial score (nSPS) is 33.1. The van der Waals surface area contributed by atoms with Crippen molar-refractivity contribution in [2.24, 2.45) is 11.7 Å². The van der Waals surface area contributed by atoms with Crippen molar-refractivity contribution in [2.75, 3.05) is 13.1 Å². The van der Waals surface area contributed by atoms with Gasteiger partial charge < -0.3 is 16.0 Å². The fourth-order valence-corrected chi connectivity index (χ4v) is 3.07. The number of hydrogen-bond donors (Lipinski definition) is 2. The molecule has 1 heterocycles. The van der Waals surface area contributed by atoms with Crippen molar-refractivity contribution in [1.82, 2.24) is 10.2 Å². The third-order valence-electron chi connectivity index (χ3n) is 4.06. The van der Waals surface area contributed by atoms with Gasteiger partial charge in [0.2, 0.25) is 11.8 Å². The molecule has 1 saturated heterocycles. The molecule has 5 heteroatoms. The van der Waals surface area contributed by atoms with Crippen LogP contribution in [0.1, 0.15) is 39.0 Å². The van der Waals surface area contributed by atoms with E-state index < -0.39 is 0 Å². The van der Waals surface area contributed by atoms with Gasteiger partial charge in [0, 0.05) is 25.0 Å². The first-order valence-electron chi connectivity index (χ1n) is 6.97. The van der Waals surface area contributed by atoms with Gasteiger partial charge in [0.25, 0.3) is 0 Å². The van der Waals surface area contributed by atoms with Crippen LogP contribution in [0.3, 0.4) is 0 Å². The van der Waals surface area contributed by atoms with Gasteiger partial charge in [-0.3, -0.25) is 9.59 Å². The van der Waals surface area contributed by atoms with Gasteiger partial charge in [0.15, 0.2) is 0 Å². The SMILES string of the molecule is CC[C@@H]1C(=O)NCCN1C(=O)[C@@H]1CCC[C@H](N)C1. The molecular weight excluding hydrogens is 230 g/mol. The minimum atomic E-state index is -0.288. The molecular formula is C13H23N3O2. The Hall–Kier alpha value is -1.10. The van der Waals surface area contributed by atoms with E-state index in [2.05, 4.69) is 5.32 Å². The van der Waals surface area contributed by atoms with E-state index in [1.54, 1.807) is 4.90 Å². The second-order valence-corrected chi connectivity index (χ2v) is 5.37. The summed E-state index contributed by atoms with van der Waals surface area (Å²) in [5.74, 6) is 0.137. The Morgan fingerprint density at radius 3 is 2.94 bits per heavy atom. The van der Waals surface area contributed by atoms with E-state index in [1.807, 2.05) is 6.92 Å². The first-order valence-corrected chi connectivity index (χ1v) is 6.97. The maximum absolute atomic E-state index is 12.5. The van der Waals surface area contributed by atoms with Crippen LogP contribution in [0.25, 0.3) is 0 Å². The first kappa shape index (κ1) is 13.3. The molecule has 0 aromatic rings. The zero-order valence-corrected chi connectivity index (χ0v) is 11.0. The smallest absolute Gasteiger partial charge is 0.242 e. The van der Waals surface area contributed by atoms with Crippen molar-refractivity contribution in [3.8, 4) is 0 Å². The zero-order chi connectivity index (χ0) is 13.1. The molecule has 3 N–H and O–H groups in total. The standard InChI is InChI=1S/C13H23N3O2/c1-2-11-12(17)15-6-7-16(11)13(18)9-4-3-5-10(14)8-9/h9-11H,2-8,14H2,1H3,(H,15,17)/t9-,10+,11-/m1/s1. The number of rotatable bonds is 2. The van der Waals surface area contributed by atoms with E-state index in [4.69, 9.17) is 5.73 Å². The van der Waals surface area contributed by atoms with E-state index in [9.17, 15) is 9.59 Å². The minimum Gasteiger partial charge on any atom is -0.353 e. The van der Waals surface area contributed by atoms with Gasteiger partial charge in [-0.15, -0.1) is 0 Å². The zero-order valence-electron chi connectivity index (χ0n) is 11.0. The van der Waals surface area contributed by atoms with Crippen molar-refractivity contribution in [1.29, 1.82) is 0 Å². The number of carbonyl (C=O) groups excluding carboxylic acids is 2. The predicted molar refractivity (Wildman–Crippen MR) is 68.7 cm³/mol. The summed E-state index contributed by atoms with van der Waals surface area (Å²) < 4.78 is 0. The molecule has 1 aliphatic heterocycles. The Bertz CT molecular complexity index is 332. The Morgan fingerprint density at radius 2 is 2.28 bits per heavy atom. The average molecular weight is 253 g/mol. The van der Waals surface area contributed by atoms with Crippen molar-refractivity contribution >= 4 is 11.8 Å². The highest BCUT2D eigenvalue weighted by Gasteiger charge is 2.36. The summed E-state index contributed by atoms with van der Waals surface area (Å²) in [6.07, 6.45) is 4.40. The van der Waals surface area contributed by atoms with Crippen LogP contribution in [0.15, 0.2) is 0 Å². The van der Waals surface area contributed by atoms with Crippen LogP contribution >= 0.6 is 0 Å². The van der Waals surface area contributed by atoms with Gasteiger partial charge in [-0.1, -0.05) is 13.3 Å². The van der Waals surface area contributed by atoms with Gasteiger partial charge in [-0.05, 0) is 25.7 Å². The Labute approximate surface area is 108 Å². The minimum absolute atomic E-state index is 0.0165. The summed E-state index contributed by atoms with van der Waals surface area (Å²) in [6, 6.07) is -0.143. The fraction of sp³-hybridized carbons (Fsp3) is 0.846. The van der Waals surface area contributed by atoms with Gasteiger partial charge in [0.05, 0.1) is 0 Å². The van der Waals surface area contributed by atoms with Crippen LogP contribution in [0.5, 0.6) is 0 Å². The van der Waals surface area contributed by atoms with E-state index >= 15 is 0 Å². The number of nitrogens with one attached hydrogen (secondary N) is 1. The summed E-state index contributed by atoms with van der Waals surface area (Å²) in [6.45, 7) is 3.15. The molecule has 1 saturated carbocycles. The molecule has 0 bridgehead atoms. The number of piperazine rings is 1. The Morgan fingerprint density at radius 1 is 1.50 bits per heavy atom. The highest BCUT2D eigenvalue weighted by Crippen LogP contribution is 2.26. The lowest BCUT2D eigenvalue weighted by Gasteiger charge is -2.38. The molecule has 1 aliphatic carbocycles. The third kappa shape index (κ3) is 2.66. The highest BCUT2D eigenvalue weighted by molar-refractivity contribution is 5.89. The second-order valence-electron chi connectivity index (χ2n) is 5.37. The fourth-order valence-electron chi connectivity index (χ4n) is 3.07. The maximum Gasteiger partial charge on any atom is 0.242 e. The molecule has 0 aromatic carbocycles. The molecule has 0 radical (unpaired) electrons. The molecule has 5 nitrogen and oxygen atoms in total. The van der Waals surface area contributed by atoms with Gasteiger partial charge in [-0.2, -0.15) is 0 Å². The molecule has 18 heavy (non-hydrogen) atoms. The quantitative estimate of drug-likeness (QED) is 0.740. The molecule has 0 aromatic heterocycles. The van der Waals surface area contributed by atoms with E-state index in [1.165, 1.54) is 0 Å². The van der Waals surface area contributed by atoms with Crippen molar-refractivity contribution in [3.63, 3.8) is 0 Å². The predicted octanol–water partition coefficient (Wildman–Crippen LogP) is 0.241. The molecule has 2 aliphatic rings. The lowest BCUT2D eigenvalue weighted by Crippen LogP contribution is -2.58. The largest absolute Gasteiger partial charge is 0.353 e. The number of amides is 2. The Balaban J connectivity index is 2.04. The molecule has 3 atom stereocenters. The molecule has 0 unspecified atom stereocenters. The molecule has 102 valence electrons. The average Bonchev–Trinajstić information content (AvgIpc) is 2.37. The summed E-state index contributed by atoms with van der Waals surface area (Å²) in [5, 5.41) is 2.82. The molecule has 2 amide bonds. The van der Waals surface area contributed by atoms with Crippen LogP contribution in [0.2, 0.25) is 0 Å². The summed E-state index contributed by atoms with van der Waals surface area (Å²) in [7, 11) is 0. The number of nitrogens with two attached hydrogens (primary N) is 1. The molecule has 2 rings (SSSR count). The van der Waals surface area contributed by atoms with Crippen LogP contribution in [0, 0.1) is 5.92 Å². The monoisotopic (exact) mass is 253 g/mol. The Kier molecular flexibility index (Phi) is 4.22. The number of carbonyl (C=O) groups is 2. The maximum atomic E-state index is 12.5. The van der Waals surface area contributed by atoms with Crippen molar-refractivity contribution in [3.05, 3.63) is 0 Å². The molecule has 2 fully saturated rings. The van der Waals surface area contributed by atoms with Gasteiger partial charge >= 0.3 is 0 Å². The van der Waals surface area contributed by atoms with E-state index in [0.717, 1.165) is 25.7 Å². The second kappa shape index (κ2) is 5.69. The third-order valence-corrected chi connectivity index (χ3v) is 4.06.